The van der Waals surface area contributed by atoms with Crippen molar-refractivity contribution in [3.63, 3.8) is 0 Å². The van der Waals surface area contributed by atoms with Gasteiger partial charge in [0, 0.05) is 19.3 Å². The highest BCUT2D eigenvalue weighted by Crippen LogP contribution is 2.32. The number of amides is 1. The maximum Gasteiger partial charge on any atom is 0.257 e. The monoisotopic (exact) mass is 378 g/mol. The van der Waals surface area contributed by atoms with Crippen molar-refractivity contribution < 1.29 is 22.5 Å². The van der Waals surface area contributed by atoms with Gasteiger partial charge in [-0.25, -0.2) is 8.42 Å². The highest BCUT2D eigenvalue weighted by molar-refractivity contribution is 7.90. The number of aryl methyl sites for hydroxylation is 2. The molecule has 1 fully saturated rings. The van der Waals surface area contributed by atoms with Crippen LogP contribution in [0.2, 0.25) is 0 Å². The van der Waals surface area contributed by atoms with Crippen molar-refractivity contribution in [3.8, 4) is 0 Å². The van der Waals surface area contributed by atoms with Gasteiger partial charge in [-0.05, 0) is 31.0 Å². The standard InChI is InChI=1S/C18H22N2O5S/c1-4-15-16(12(2)25-20-15)17(21)19-18(9-10-24-11-18)13-5-7-14(8-6-13)26(3,22)23/h5-8H,4,9-11H2,1-3H3,(H,19,21). The zero-order valence-electron chi connectivity index (χ0n) is 15.0. The van der Waals surface area contributed by atoms with E-state index in [1.54, 1.807) is 31.2 Å². The van der Waals surface area contributed by atoms with Gasteiger partial charge in [-0.2, -0.15) is 0 Å². The molecule has 1 aliphatic heterocycles. The SMILES string of the molecule is CCc1noc(C)c1C(=O)NC1(c2ccc(S(C)(=O)=O)cc2)CCOC1. The lowest BCUT2D eigenvalue weighted by Crippen LogP contribution is -2.46. The van der Waals surface area contributed by atoms with Gasteiger partial charge in [0.2, 0.25) is 0 Å². The molecule has 1 atom stereocenters. The van der Waals surface area contributed by atoms with Crippen LogP contribution in [0.25, 0.3) is 0 Å². The van der Waals surface area contributed by atoms with Gasteiger partial charge in [-0.1, -0.05) is 24.2 Å². The van der Waals surface area contributed by atoms with Crippen LogP contribution >= 0.6 is 0 Å². The lowest BCUT2D eigenvalue weighted by atomic mass is 9.88. The van der Waals surface area contributed by atoms with E-state index in [0.29, 0.717) is 43.1 Å². The predicted molar refractivity (Wildman–Crippen MR) is 94.8 cm³/mol. The molecule has 26 heavy (non-hydrogen) atoms. The van der Waals surface area contributed by atoms with Crippen LogP contribution in [0.3, 0.4) is 0 Å². The molecule has 1 aromatic carbocycles. The minimum absolute atomic E-state index is 0.241. The van der Waals surface area contributed by atoms with Crippen LogP contribution in [0.5, 0.6) is 0 Å². The topological polar surface area (TPSA) is 98.5 Å². The van der Waals surface area contributed by atoms with Crippen LogP contribution in [-0.2, 0) is 26.5 Å². The molecule has 1 N–H and O–H groups in total. The van der Waals surface area contributed by atoms with E-state index in [0.717, 1.165) is 5.56 Å². The number of carbonyl (C=O) groups is 1. The third kappa shape index (κ3) is 3.39. The molecular formula is C18H22N2O5S. The number of nitrogens with zero attached hydrogens (tertiary/aromatic N) is 1. The van der Waals surface area contributed by atoms with Gasteiger partial charge in [-0.15, -0.1) is 0 Å². The normalized spacial score (nSPS) is 20.3. The van der Waals surface area contributed by atoms with Gasteiger partial charge in [0.25, 0.3) is 5.91 Å². The van der Waals surface area contributed by atoms with E-state index in [2.05, 4.69) is 10.5 Å². The summed E-state index contributed by atoms with van der Waals surface area (Å²) in [6.45, 7) is 4.45. The Labute approximate surface area is 152 Å². The highest BCUT2D eigenvalue weighted by Gasteiger charge is 2.39. The smallest absolute Gasteiger partial charge is 0.257 e. The van der Waals surface area contributed by atoms with Crippen molar-refractivity contribution in [1.29, 1.82) is 0 Å². The van der Waals surface area contributed by atoms with Crippen LogP contribution in [0.1, 0.15) is 40.7 Å². The molecule has 7 nitrogen and oxygen atoms in total. The largest absolute Gasteiger partial charge is 0.379 e. The molecule has 1 saturated heterocycles. The molecule has 0 aliphatic carbocycles. The Hall–Kier alpha value is -2.19. The molecule has 0 saturated carbocycles. The number of sulfone groups is 1. The first-order valence-electron chi connectivity index (χ1n) is 8.43. The maximum absolute atomic E-state index is 12.9. The molecular weight excluding hydrogens is 356 g/mol. The van der Waals surface area contributed by atoms with E-state index in [4.69, 9.17) is 9.26 Å². The number of hydrogen-bond acceptors (Lipinski definition) is 6. The fourth-order valence-electron chi connectivity index (χ4n) is 3.21. The molecule has 0 radical (unpaired) electrons. The summed E-state index contributed by atoms with van der Waals surface area (Å²) >= 11 is 0. The van der Waals surface area contributed by atoms with Crippen molar-refractivity contribution >= 4 is 15.7 Å². The molecule has 1 aliphatic rings. The fourth-order valence-corrected chi connectivity index (χ4v) is 3.85. The number of benzene rings is 1. The second-order valence-electron chi connectivity index (χ2n) is 6.55. The summed E-state index contributed by atoms with van der Waals surface area (Å²) in [6.07, 6.45) is 2.36. The minimum Gasteiger partial charge on any atom is -0.379 e. The summed E-state index contributed by atoms with van der Waals surface area (Å²) in [5.74, 6) is 0.208. The van der Waals surface area contributed by atoms with E-state index in [9.17, 15) is 13.2 Å². The third-order valence-electron chi connectivity index (χ3n) is 4.70. The highest BCUT2D eigenvalue weighted by atomic mass is 32.2. The van der Waals surface area contributed by atoms with Gasteiger partial charge in [0.05, 0.1) is 22.7 Å². The number of ether oxygens (including phenoxy) is 1. The van der Waals surface area contributed by atoms with E-state index >= 15 is 0 Å². The Morgan fingerprint density at radius 3 is 2.54 bits per heavy atom. The molecule has 2 aromatic rings. The number of nitrogens with one attached hydrogen (secondary N) is 1. The Bertz CT molecular complexity index is 910. The van der Waals surface area contributed by atoms with Gasteiger partial charge in [0.15, 0.2) is 9.84 Å². The molecule has 3 rings (SSSR count). The Balaban J connectivity index is 1.93. The van der Waals surface area contributed by atoms with Crippen LogP contribution in [0.15, 0.2) is 33.7 Å². The number of aromatic nitrogens is 1. The molecule has 0 spiro atoms. The summed E-state index contributed by atoms with van der Waals surface area (Å²) in [5.41, 5.74) is 1.16. The summed E-state index contributed by atoms with van der Waals surface area (Å²) in [5, 5.41) is 7.00. The van der Waals surface area contributed by atoms with Crippen LogP contribution in [0, 0.1) is 6.92 Å². The van der Waals surface area contributed by atoms with Crippen molar-refractivity contribution in [2.75, 3.05) is 19.5 Å². The zero-order chi connectivity index (χ0) is 18.9. The van der Waals surface area contributed by atoms with Gasteiger partial charge in [0.1, 0.15) is 11.3 Å². The van der Waals surface area contributed by atoms with Crippen molar-refractivity contribution in [2.45, 2.75) is 37.1 Å². The Morgan fingerprint density at radius 1 is 1.31 bits per heavy atom. The van der Waals surface area contributed by atoms with Gasteiger partial charge >= 0.3 is 0 Å². The summed E-state index contributed by atoms with van der Waals surface area (Å²) in [6, 6.07) is 6.57. The molecule has 2 heterocycles. The fraction of sp³-hybridized carbons (Fsp3) is 0.444. The third-order valence-corrected chi connectivity index (χ3v) is 5.83. The van der Waals surface area contributed by atoms with Gasteiger partial charge in [-0.3, -0.25) is 4.79 Å². The predicted octanol–water partition coefficient (Wildman–Crippen LogP) is 1.99. The average Bonchev–Trinajstić information content (AvgIpc) is 3.21. The molecule has 1 aromatic heterocycles. The Morgan fingerprint density at radius 2 is 2.00 bits per heavy atom. The van der Waals surface area contributed by atoms with Crippen molar-refractivity contribution in [1.82, 2.24) is 10.5 Å². The van der Waals surface area contributed by atoms with E-state index in [-0.39, 0.29) is 10.8 Å². The molecule has 0 bridgehead atoms. The number of carbonyl (C=O) groups excluding carboxylic acids is 1. The second-order valence-corrected chi connectivity index (χ2v) is 8.57. The lowest BCUT2D eigenvalue weighted by Gasteiger charge is -2.29. The lowest BCUT2D eigenvalue weighted by molar-refractivity contribution is 0.0873. The molecule has 1 unspecified atom stereocenters. The van der Waals surface area contributed by atoms with E-state index < -0.39 is 15.4 Å². The minimum atomic E-state index is -3.28. The quantitative estimate of drug-likeness (QED) is 0.854. The summed E-state index contributed by atoms with van der Waals surface area (Å²) in [4.78, 5) is 13.1. The van der Waals surface area contributed by atoms with Crippen molar-refractivity contribution in [3.05, 3.63) is 46.8 Å². The second kappa shape index (κ2) is 6.85. The van der Waals surface area contributed by atoms with Crippen molar-refractivity contribution in [2.24, 2.45) is 0 Å². The summed E-state index contributed by atoms with van der Waals surface area (Å²) < 4.78 is 34.0. The number of hydrogen-bond donors (Lipinski definition) is 1. The van der Waals surface area contributed by atoms with Crippen LogP contribution in [0.4, 0.5) is 0 Å². The first-order chi connectivity index (χ1) is 12.3. The van der Waals surface area contributed by atoms with E-state index in [1.807, 2.05) is 6.92 Å². The Kier molecular flexibility index (Phi) is 4.90. The maximum atomic E-state index is 12.9. The van der Waals surface area contributed by atoms with Crippen LogP contribution < -0.4 is 5.32 Å². The van der Waals surface area contributed by atoms with Crippen LogP contribution in [-0.4, -0.2) is 39.0 Å². The first-order valence-corrected chi connectivity index (χ1v) is 10.3. The average molecular weight is 378 g/mol. The molecule has 1 amide bonds. The summed E-state index contributed by atoms with van der Waals surface area (Å²) in [7, 11) is -3.28. The van der Waals surface area contributed by atoms with E-state index in [1.165, 1.54) is 6.26 Å². The molecule has 8 heteroatoms. The molecule has 140 valence electrons. The zero-order valence-corrected chi connectivity index (χ0v) is 15.9. The number of rotatable bonds is 5. The first kappa shape index (κ1) is 18.6. The van der Waals surface area contributed by atoms with Gasteiger partial charge < -0.3 is 14.6 Å².